The van der Waals surface area contributed by atoms with Crippen LogP contribution in [0.1, 0.15) is 204 Å². The lowest BCUT2D eigenvalue weighted by Crippen LogP contribution is -2.64. The third kappa shape index (κ3) is 26.7. The summed E-state index contributed by atoms with van der Waals surface area (Å²) < 4.78 is 62.8. The number of aliphatic imine (C=N–C) groups is 1. The Morgan fingerprint density at radius 3 is 1.29 bits per heavy atom. The minimum absolute atomic E-state index is 0. The van der Waals surface area contributed by atoms with Gasteiger partial charge in [-0.1, -0.05) is 226 Å². The third-order valence-electron chi connectivity index (χ3n) is 16.4. The number of carbonyl (C=O) groups excluding carboxylic acids is 2. The van der Waals surface area contributed by atoms with E-state index in [2.05, 4.69) is 81.6 Å². The molecule has 2 heterocycles. The Balaban J connectivity index is 0.000000596. The summed E-state index contributed by atoms with van der Waals surface area (Å²) in [5, 5.41) is 0.0429. The molecule has 2 N–H and O–H groups in total. The summed E-state index contributed by atoms with van der Waals surface area (Å²) in [6.07, 6.45) is 20.9. The average Bonchev–Trinajstić information content (AvgIpc) is 3.45. The molecule has 0 saturated carbocycles. The number of nitrogens with zero attached hydrogens (tertiary/aromatic N) is 1. The first kappa shape index (κ1) is 76.4. The number of ether oxygens (including phenoxy) is 8. The van der Waals surface area contributed by atoms with Crippen LogP contribution in [0, 0.1) is 0 Å². The highest BCUT2D eigenvalue weighted by Crippen LogP contribution is 2.40. The van der Waals surface area contributed by atoms with Crippen LogP contribution < -0.4 is 5.73 Å². The second kappa shape index (κ2) is 39.9. The van der Waals surface area contributed by atoms with Gasteiger partial charge in [0.05, 0.1) is 37.5 Å². The van der Waals surface area contributed by atoms with Crippen molar-refractivity contribution in [2.75, 3.05) is 26.4 Å². The number of hydrogen-bond acceptors (Lipinski definition) is 14. The van der Waals surface area contributed by atoms with Crippen molar-refractivity contribution in [3.8, 4) is 0 Å². The van der Waals surface area contributed by atoms with Crippen LogP contribution in [0.25, 0.3) is 0 Å². The van der Waals surface area contributed by atoms with Gasteiger partial charge in [0.2, 0.25) is 12.6 Å². The Labute approximate surface area is 512 Å². The highest BCUT2D eigenvalue weighted by atomic mass is 28.4. The zero-order chi connectivity index (χ0) is 61.5. The molecule has 14 nitrogen and oxygen atoms in total. The molecule has 0 radical (unpaired) electrons. The zero-order valence-electron chi connectivity index (χ0n) is 54.4. The number of esters is 2. The van der Waals surface area contributed by atoms with Gasteiger partial charge >= 0.3 is 11.9 Å². The quantitative estimate of drug-likeness (QED) is 0.0228. The van der Waals surface area contributed by atoms with Crippen LogP contribution in [0.3, 0.4) is 0 Å². The van der Waals surface area contributed by atoms with Gasteiger partial charge in [0.15, 0.2) is 28.8 Å². The fraction of sp³-hybridized carbons (Fsp3) is 0.721. The lowest BCUT2D eigenvalue weighted by atomic mass is 9.95. The molecule has 2 fully saturated rings. The van der Waals surface area contributed by atoms with Crippen molar-refractivity contribution in [3.05, 3.63) is 96.5 Å². The van der Waals surface area contributed by atoms with Gasteiger partial charge < -0.3 is 52.5 Å². The first-order valence-corrected chi connectivity index (χ1v) is 37.4. The number of benzene rings is 2. The van der Waals surface area contributed by atoms with Crippen molar-refractivity contribution in [3.63, 3.8) is 0 Å². The zero-order valence-corrected chi connectivity index (χ0v) is 56.4. The van der Waals surface area contributed by atoms with Crippen LogP contribution >= 0.6 is 0 Å². The van der Waals surface area contributed by atoms with Gasteiger partial charge in [-0.25, -0.2) is 0 Å². The second-order valence-electron chi connectivity index (χ2n) is 25.5. The van der Waals surface area contributed by atoms with Crippen molar-refractivity contribution >= 4 is 34.3 Å². The van der Waals surface area contributed by atoms with Crippen LogP contribution in [0.5, 0.6) is 0 Å². The van der Waals surface area contributed by atoms with E-state index in [9.17, 15) is 9.59 Å². The summed E-state index contributed by atoms with van der Waals surface area (Å²) >= 11 is 0. The average molecular weight is 1210 g/mol. The first-order chi connectivity index (χ1) is 39.4. The molecule has 84 heavy (non-hydrogen) atoms. The van der Waals surface area contributed by atoms with Gasteiger partial charge in [-0.2, -0.15) is 0 Å². The monoisotopic (exact) mass is 1210 g/mol. The van der Waals surface area contributed by atoms with E-state index >= 15 is 0 Å². The number of allylic oxidation sites excluding steroid dienone is 2. The number of nitrogens with two attached hydrogens (primary N) is 1. The Bertz CT molecular complexity index is 2120. The Morgan fingerprint density at radius 1 is 0.548 bits per heavy atom. The van der Waals surface area contributed by atoms with E-state index in [1.54, 1.807) is 18.6 Å². The molecule has 0 aliphatic carbocycles. The van der Waals surface area contributed by atoms with Gasteiger partial charge in [0, 0.05) is 38.2 Å². The van der Waals surface area contributed by atoms with E-state index in [1.165, 1.54) is 90.9 Å². The van der Waals surface area contributed by atoms with Crippen LogP contribution in [0.2, 0.25) is 36.3 Å². The molecule has 2 aromatic carbocycles. The molecule has 4 rings (SSSR count). The van der Waals surface area contributed by atoms with Crippen molar-refractivity contribution in [2.24, 2.45) is 10.7 Å². The lowest BCUT2D eigenvalue weighted by molar-refractivity contribution is -0.263. The topological polar surface area (TPSA) is 165 Å². The number of carbonyl (C=O) groups is 2. The molecule has 0 spiro atoms. The fourth-order valence-corrected chi connectivity index (χ4v) is 11.4. The van der Waals surface area contributed by atoms with Crippen LogP contribution in [-0.4, -0.2) is 122 Å². The summed E-state index contributed by atoms with van der Waals surface area (Å²) in [7, 11) is -4.20. The Hall–Kier alpha value is -3.72. The van der Waals surface area contributed by atoms with Crippen molar-refractivity contribution in [2.45, 2.75) is 291 Å². The number of rotatable bonds is 35. The van der Waals surface area contributed by atoms with E-state index in [-0.39, 0.29) is 30.7 Å². The molecule has 0 unspecified atom stereocenters. The molecule has 480 valence electrons. The second-order valence-corrected chi connectivity index (χ2v) is 35.1. The van der Waals surface area contributed by atoms with Crippen LogP contribution in [0.15, 0.2) is 90.3 Å². The largest absolute Gasteiger partial charge is 0.471 e. The first-order valence-electron chi connectivity index (χ1n) is 31.6. The summed E-state index contributed by atoms with van der Waals surface area (Å²) in [6, 6.07) is 19.0. The van der Waals surface area contributed by atoms with Gasteiger partial charge in [-0.15, -0.1) is 0 Å². The standard InChI is InChI=1S/C40H61NO6Si.C27H53NO6Si.CH4/c1-9-11-12-13-14-15-16-23-29-43-38-36(41-35(32-24-19-17-20-25-32)33-26-21-18-22-27-33)39(44-28-10-2)47-34(37(38)46-31(3)42)30-45-48(7,8)40(4,5)6;1-9-11-12-13-14-15-16-17-19-30-25-23(28)26(31-18-10-2)34-22(24(25)33-21(3)29)20-32-35(7,8)27(4,5)6;/h10,17-22,24-28,34,36-39H,9,11-16,23,29-30H2,1-8H3;10,18,22-26H,9,11-17,19-20,28H2,1-8H3;1H4/b28-10-;18-10-;/t34-,36-,37-,38-,39+;22-,23-,24-,25-,26+;/m11./s1. The SMILES string of the molecule is C.C/C=C\O[C@H]1O[C@H](CO[Si](C)(C)C(C)(C)C)[C@@H](OC(C)=O)[C@H](OCCCCCCCCCC)[C@H]1N.C/C=C\O[C@H]1O[C@H](CO[Si](C)(C)C(C)(C)C)[C@@H](OC(C)=O)[C@H](OCCCCCCCCCC)[C@H]1N=C(c1ccccc1)c1ccccc1. The molecule has 2 aliphatic heterocycles. The maximum atomic E-state index is 12.7. The molecule has 2 aromatic rings. The van der Waals surface area contributed by atoms with E-state index in [0.29, 0.717) is 13.2 Å². The summed E-state index contributed by atoms with van der Waals surface area (Å²) in [5.41, 5.74) is 9.23. The van der Waals surface area contributed by atoms with Gasteiger partial charge in [-0.05, 0) is 63.0 Å². The van der Waals surface area contributed by atoms with E-state index in [0.717, 1.165) is 42.5 Å². The predicted molar refractivity (Wildman–Crippen MR) is 348 cm³/mol. The third-order valence-corrected chi connectivity index (χ3v) is 25.4. The molecule has 0 bridgehead atoms. The summed E-state index contributed by atoms with van der Waals surface area (Å²) in [5.74, 6) is -0.792. The minimum atomic E-state index is -2.16. The Kier molecular flexibility index (Phi) is 36.3. The number of hydrogen-bond donors (Lipinski definition) is 1. The van der Waals surface area contributed by atoms with Crippen molar-refractivity contribution in [1.82, 2.24) is 0 Å². The summed E-state index contributed by atoms with van der Waals surface area (Å²) in [6.45, 7) is 34.7. The van der Waals surface area contributed by atoms with Crippen molar-refractivity contribution < 1.29 is 56.3 Å². The molecule has 0 amide bonds. The summed E-state index contributed by atoms with van der Waals surface area (Å²) in [4.78, 5) is 30.0. The lowest BCUT2D eigenvalue weighted by Gasteiger charge is -2.45. The molecular weight excluding hydrogens is 1090 g/mol. The maximum Gasteiger partial charge on any atom is 0.303 e. The van der Waals surface area contributed by atoms with Crippen LogP contribution in [0.4, 0.5) is 0 Å². The minimum Gasteiger partial charge on any atom is -0.471 e. The number of unbranched alkanes of at least 4 members (excludes halogenated alkanes) is 14. The highest BCUT2D eigenvalue weighted by Gasteiger charge is 2.52. The van der Waals surface area contributed by atoms with Crippen molar-refractivity contribution in [1.29, 1.82) is 0 Å². The molecule has 2 saturated heterocycles. The van der Waals surface area contributed by atoms with Gasteiger partial charge in [0.1, 0.15) is 30.5 Å². The molecule has 10 atom stereocenters. The fourth-order valence-electron chi connectivity index (χ4n) is 9.42. The smallest absolute Gasteiger partial charge is 0.303 e. The Morgan fingerprint density at radius 2 is 0.905 bits per heavy atom. The molecule has 16 heteroatoms. The van der Waals surface area contributed by atoms with E-state index < -0.39 is 89.9 Å². The molecule has 0 aromatic heterocycles. The van der Waals surface area contributed by atoms with E-state index in [4.69, 9.17) is 57.5 Å². The maximum absolute atomic E-state index is 12.7. The van der Waals surface area contributed by atoms with Gasteiger partial charge in [0.25, 0.3) is 0 Å². The normalized spacial score (nSPS) is 23.1. The van der Waals surface area contributed by atoms with Gasteiger partial charge in [-0.3, -0.25) is 14.6 Å². The van der Waals surface area contributed by atoms with Crippen LogP contribution in [-0.2, 0) is 56.3 Å². The van der Waals surface area contributed by atoms with E-state index in [1.807, 2.05) is 80.6 Å². The molecule has 2 aliphatic rings. The highest BCUT2D eigenvalue weighted by molar-refractivity contribution is 6.74. The molecular formula is C68H118N2O12Si2. The predicted octanol–water partition coefficient (Wildman–Crippen LogP) is 16.4.